The number of thiophene rings is 1. The van der Waals surface area contributed by atoms with E-state index in [4.69, 9.17) is 5.73 Å². The zero-order chi connectivity index (χ0) is 15.2. The molecule has 2 nitrogen and oxygen atoms in total. The summed E-state index contributed by atoms with van der Waals surface area (Å²) < 4.78 is 0. The van der Waals surface area contributed by atoms with E-state index in [0.29, 0.717) is 0 Å². The van der Waals surface area contributed by atoms with Crippen LogP contribution >= 0.6 is 11.3 Å². The fourth-order valence-corrected chi connectivity index (χ4v) is 3.29. The van der Waals surface area contributed by atoms with Crippen molar-refractivity contribution in [3.05, 3.63) is 51.7 Å². The van der Waals surface area contributed by atoms with Gasteiger partial charge in [-0.25, -0.2) is 0 Å². The highest BCUT2D eigenvalue weighted by molar-refractivity contribution is 7.09. The molecule has 0 aliphatic carbocycles. The second-order valence-corrected chi connectivity index (χ2v) is 6.63. The van der Waals surface area contributed by atoms with Gasteiger partial charge in [0.25, 0.3) is 0 Å². The SMILES string of the molecule is CCC(N)Cc1cc(C)ccc1N(CC)Cc1cccs1. The fourth-order valence-electron chi connectivity index (χ4n) is 2.57. The van der Waals surface area contributed by atoms with Crippen LogP contribution in [0.4, 0.5) is 5.69 Å². The second kappa shape index (κ2) is 7.62. The number of anilines is 1. The maximum atomic E-state index is 6.19. The Morgan fingerprint density at radius 2 is 2.05 bits per heavy atom. The number of hydrogen-bond donors (Lipinski definition) is 1. The van der Waals surface area contributed by atoms with E-state index in [0.717, 1.165) is 25.9 Å². The summed E-state index contributed by atoms with van der Waals surface area (Å²) in [5.41, 5.74) is 10.2. The molecule has 0 radical (unpaired) electrons. The smallest absolute Gasteiger partial charge is 0.0522 e. The molecule has 0 saturated heterocycles. The van der Waals surface area contributed by atoms with Crippen molar-refractivity contribution in [1.82, 2.24) is 0 Å². The Morgan fingerprint density at radius 3 is 2.67 bits per heavy atom. The third kappa shape index (κ3) is 4.32. The normalized spacial score (nSPS) is 12.4. The van der Waals surface area contributed by atoms with Gasteiger partial charge in [-0.2, -0.15) is 0 Å². The third-order valence-electron chi connectivity index (χ3n) is 3.89. The topological polar surface area (TPSA) is 29.3 Å². The molecule has 0 aliphatic rings. The van der Waals surface area contributed by atoms with Gasteiger partial charge in [0, 0.05) is 23.2 Å². The van der Waals surface area contributed by atoms with Crippen LogP contribution in [0.15, 0.2) is 35.7 Å². The summed E-state index contributed by atoms with van der Waals surface area (Å²) in [5, 5.41) is 2.15. The van der Waals surface area contributed by atoms with Crippen molar-refractivity contribution >= 4 is 17.0 Å². The first-order valence-electron chi connectivity index (χ1n) is 7.76. The van der Waals surface area contributed by atoms with Gasteiger partial charge in [0.15, 0.2) is 0 Å². The van der Waals surface area contributed by atoms with Crippen LogP contribution in [0, 0.1) is 6.92 Å². The van der Waals surface area contributed by atoms with E-state index in [-0.39, 0.29) is 6.04 Å². The summed E-state index contributed by atoms with van der Waals surface area (Å²) in [6.45, 7) is 8.52. The van der Waals surface area contributed by atoms with E-state index in [2.05, 4.69) is 61.4 Å². The lowest BCUT2D eigenvalue weighted by atomic mass is 10.00. The van der Waals surface area contributed by atoms with Gasteiger partial charge in [0.05, 0.1) is 6.54 Å². The molecule has 1 atom stereocenters. The maximum absolute atomic E-state index is 6.19. The van der Waals surface area contributed by atoms with Gasteiger partial charge in [0.2, 0.25) is 0 Å². The number of benzene rings is 1. The standard InChI is InChI=1S/C18H26N2S/c1-4-16(19)12-15-11-14(3)8-9-18(15)20(5-2)13-17-7-6-10-21-17/h6-11,16H,4-5,12-13,19H2,1-3H3. The van der Waals surface area contributed by atoms with E-state index in [1.807, 2.05) is 11.3 Å². The number of hydrogen-bond acceptors (Lipinski definition) is 3. The highest BCUT2D eigenvalue weighted by Crippen LogP contribution is 2.26. The first-order valence-corrected chi connectivity index (χ1v) is 8.64. The van der Waals surface area contributed by atoms with Crippen molar-refractivity contribution < 1.29 is 0 Å². The number of rotatable bonds is 7. The summed E-state index contributed by atoms with van der Waals surface area (Å²) >= 11 is 1.82. The molecule has 2 aromatic rings. The Bertz CT molecular complexity index is 548. The molecule has 3 heteroatoms. The average molecular weight is 302 g/mol. The largest absolute Gasteiger partial charge is 0.366 e. The first kappa shape index (κ1) is 16.1. The van der Waals surface area contributed by atoms with Crippen molar-refractivity contribution in [3.8, 4) is 0 Å². The van der Waals surface area contributed by atoms with Crippen LogP contribution in [0.2, 0.25) is 0 Å². The van der Waals surface area contributed by atoms with Gasteiger partial charge in [-0.05, 0) is 49.8 Å². The molecule has 0 spiro atoms. The molecular formula is C18H26N2S. The molecule has 2 N–H and O–H groups in total. The molecule has 1 heterocycles. The Hall–Kier alpha value is -1.32. The quantitative estimate of drug-likeness (QED) is 0.823. The van der Waals surface area contributed by atoms with Gasteiger partial charge < -0.3 is 10.6 Å². The molecule has 2 rings (SSSR count). The van der Waals surface area contributed by atoms with Gasteiger partial charge >= 0.3 is 0 Å². The molecule has 114 valence electrons. The van der Waals surface area contributed by atoms with Gasteiger partial charge in [-0.15, -0.1) is 11.3 Å². The molecule has 0 fully saturated rings. The molecule has 1 aromatic heterocycles. The third-order valence-corrected chi connectivity index (χ3v) is 4.75. The highest BCUT2D eigenvalue weighted by atomic mass is 32.1. The number of nitrogens with zero attached hydrogens (tertiary/aromatic N) is 1. The van der Waals surface area contributed by atoms with Crippen LogP contribution in [-0.4, -0.2) is 12.6 Å². The van der Waals surface area contributed by atoms with Crippen molar-refractivity contribution in [1.29, 1.82) is 0 Å². The molecule has 0 amide bonds. The Kier molecular flexibility index (Phi) is 5.83. The number of aryl methyl sites for hydroxylation is 1. The molecule has 1 aromatic carbocycles. The summed E-state index contributed by atoms with van der Waals surface area (Å²) in [4.78, 5) is 3.85. The monoisotopic (exact) mass is 302 g/mol. The summed E-state index contributed by atoms with van der Waals surface area (Å²) in [7, 11) is 0. The van der Waals surface area contributed by atoms with Crippen LogP contribution in [0.25, 0.3) is 0 Å². The lowest BCUT2D eigenvalue weighted by molar-refractivity contribution is 0.644. The second-order valence-electron chi connectivity index (χ2n) is 5.60. The van der Waals surface area contributed by atoms with Crippen LogP contribution in [0.1, 0.15) is 36.3 Å². The minimum Gasteiger partial charge on any atom is -0.366 e. The van der Waals surface area contributed by atoms with Crippen LogP contribution in [0.5, 0.6) is 0 Å². The molecule has 21 heavy (non-hydrogen) atoms. The van der Waals surface area contributed by atoms with E-state index in [9.17, 15) is 0 Å². The van der Waals surface area contributed by atoms with Crippen molar-refractivity contribution in [2.24, 2.45) is 5.73 Å². The van der Waals surface area contributed by atoms with Gasteiger partial charge in [0.1, 0.15) is 0 Å². The predicted molar refractivity (Wildman–Crippen MR) is 94.2 cm³/mol. The van der Waals surface area contributed by atoms with Crippen molar-refractivity contribution in [2.45, 2.75) is 46.2 Å². The van der Waals surface area contributed by atoms with E-state index >= 15 is 0 Å². The van der Waals surface area contributed by atoms with Gasteiger partial charge in [-0.3, -0.25) is 0 Å². The van der Waals surface area contributed by atoms with Crippen molar-refractivity contribution in [3.63, 3.8) is 0 Å². The zero-order valence-corrected chi connectivity index (χ0v) is 14.1. The summed E-state index contributed by atoms with van der Waals surface area (Å²) in [5.74, 6) is 0. The minimum atomic E-state index is 0.242. The highest BCUT2D eigenvalue weighted by Gasteiger charge is 2.13. The molecule has 1 unspecified atom stereocenters. The van der Waals surface area contributed by atoms with Crippen LogP contribution in [0.3, 0.4) is 0 Å². The van der Waals surface area contributed by atoms with E-state index in [1.54, 1.807) is 0 Å². The fraction of sp³-hybridized carbons (Fsp3) is 0.444. The lowest BCUT2D eigenvalue weighted by Crippen LogP contribution is -2.26. The summed E-state index contributed by atoms with van der Waals surface area (Å²) in [6.07, 6.45) is 1.97. The maximum Gasteiger partial charge on any atom is 0.0522 e. The molecular weight excluding hydrogens is 276 g/mol. The lowest BCUT2D eigenvalue weighted by Gasteiger charge is -2.26. The molecule has 0 saturated carbocycles. The van der Waals surface area contributed by atoms with Crippen molar-refractivity contribution in [2.75, 3.05) is 11.4 Å². The van der Waals surface area contributed by atoms with E-state index in [1.165, 1.54) is 21.7 Å². The molecule has 0 aliphatic heterocycles. The zero-order valence-electron chi connectivity index (χ0n) is 13.3. The Labute approximate surface area is 132 Å². The minimum absolute atomic E-state index is 0.242. The average Bonchev–Trinajstić information content (AvgIpc) is 2.98. The van der Waals surface area contributed by atoms with Gasteiger partial charge in [-0.1, -0.05) is 30.7 Å². The Balaban J connectivity index is 2.26. The predicted octanol–water partition coefficient (Wildman–Crippen LogP) is 4.36. The first-order chi connectivity index (χ1) is 10.1. The molecule has 0 bridgehead atoms. The number of nitrogens with two attached hydrogens (primary N) is 1. The van der Waals surface area contributed by atoms with E-state index < -0.39 is 0 Å². The summed E-state index contributed by atoms with van der Waals surface area (Å²) in [6, 6.07) is 11.3. The van der Waals surface area contributed by atoms with Crippen LogP contribution in [-0.2, 0) is 13.0 Å². The Morgan fingerprint density at radius 1 is 1.24 bits per heavy atom. The van der Waals surface area contributed by atoms with Crippen LogP contribution < -0.4 is 10.6 Å².